The average molecular weight is 192 g/mol. The molecule has 76 valence electrons. The summed E-state index contributed by atoms with van der Waals surface area (Å²) in [5.41, 5.74) is 2.36. The van der Waals surface area contributed by atoms with Gasteiger partial charge in [-0.25, -0.2) is 0 Å². The van der Waals surface area contributed by atoms with Crippen LogP contribution in [0.2, 0.25) is 0 Å². The third-order valence-electron chi connectivity index (χ3n) is 2.69. The van der Waals surface area contributed by atoms with Crippen molar-refractivity contribution in [2.75, 3.05) is 0 Å². The van der Waals surface area contributed by atoms with E-state index in [-0.39, 0.29) is 18.5 Å². The van der Waals surface area contributed by atoms with E-state index in [9.17, 15) is 0 Å². The monoisotopic (exact) mass is 192 g/mol. The zero-order valence-electron chi connectivity index (χ0n) is 8.86. The predicted molar refractivity (Wildman–Crippen MR) is 55.0 cm³/mol. The van der Waals surface area contributed by atoms with Gasteiger partial charge in [0.1, 0.15) is 0 Å². The Morgan fingerprint density at radius 2 is 1.43 bits per heavy atom. The molecule has 0 aliphatic carbocycles. The van der Waals surface area contributed by atoms with Crippen molar-refractivity contribution in [3.05, 3.63) is 35.4 Å². The number of aryl methyl sites for hydroxylation is 1. The van der Waals surface area contributed by atoms with Gasteiger partial charge < -0.3 is 9.47 Å². The van der Waals surface area contributed by atoms with E-state index in [1.807, 2.05) is 13.8 Å². The highest BCUT2D eigenvalue weighted by molar-refractivity contribution is 5.22. The molecule has 0 N–H and O–H groups in total. The second-order valence-electron chi connectivity index (χ2n) is 3.93. The van der Waals surface area contributed by atoms with Gasteiger partial charge in [-0.15, -0.1) is 0 Å². The lowest BCUT2D eigenvalue weighted by Crippen LogP contribution is -2.13. The largest absolute Gasteiger partial charge is 0.343 e. The highest BCUT2D eigenvalue weighted by Crippen LogP contribution is 2.30. The van der Waals surface area contributed by atoms with Crippen LogP contribution >= 0.6 is 0 Å². The van der Waals surface area contributed by atoms with Gasteiger partial charge in [-0.3, -0.25) is 0 Å². The maximum atomic E-state index is 5.68. The van der Waals surface area contributed by atoms with Crippen LogP contribution in [0.4, 0.5) is 0 Å². The highest BCUT2D eigenvalue weighted by Gasteiger charge is 2.30. The summed E-state index contributed by atoms with van der Waals surface area (Å²) in [4.78, 5) is 0. The third-order valence-corrected chi connectivity index (χ3v) is 2.69. The predicted octanol–water partition coefficient (Wildman–Crippen LogP) is 2.82. The minimum Gasteiger partial charge on any atom is -0.343 e. The molecule has 1 saturated heterocycles. The van der Waals surface area contributed by atoms with Crippen LogP contribution in [0.15, 0.2) is 24.3 Å². The molecule has 0 spiro atoms. The Morgan fingerprint density at radius 3 is 1.93 bits per heavy atom. The molecule has 1 aromatic carbocycles. The van der Waals surface area contributed by atoms with Gasteiger partial charge in [-0.1, -0.05) is 29.8 Å². The van der Waals surface area contributed by atoms with Crippen LogP contribution in [0.25, 0.3) is 0 Å². The van der Waals surface area contributed by atoms with Crippen LogP contribution < -0.4 is 0 Å². The SMILES string of the molecule is Cc1ccc(C2O[C@H](C)[C@@H](C)O2)cc1. The minimum atomic E-state index is -0.180. The van der Waals surface area contributed by atoms with Crippen molar-refractivity contribution in [3.63, 3.8) is 0 Å². The van der Waals surface area contributed by atoms with Gasteiger partial charge in [0.05, 0.1) is 12.2 Å². The van der Waals surface area contributed by atoms with Gasteiger partial charge in [0, 0.05) is 5.56 Å². The number of hydrogen-bond donors (Lipinski definition) is 0. The maximum absolute atomic E-state index is 5.68. The molecule has 2 rings (SSSR count). The van der Waals surface area contributed by atoms with Crippen LogP contribution in [0.1, 0.15) is 31.3 Å². The van der Waals surface area contributed by atoms with E-state index in [1.165, 1.54) is 5.56 Å². The smallest absolute Gasteiger partial charge is 0.184 e. The highest BCUT2D eigenvalue weighted by atomic mass is 16.7. The van der Waals surface area contributed by atoms with Crippen LogP contribution in [-0.2, 0) is 9.47 Å². The van der Waals surface area contributed by atoms with E-state index in [2.05, 4.69) is 31.2 Å². The summed E-state index contributed by atoms with van der Waals surface area (Å²) in [6, 6.07) is 8.28. The zero-order chi connectivity index (χ0) is 10.1. The summed E-state index contributed by atoms with van der Waals surface area (Å²) in [5.74, 6) is 0. The number of benzene rings is 1. The molecule has 2 heteroatoms. The fraction of sp³-hybridized carbons (Fsp3) is 0.500. The molecule has 0 bridgehead atoms. The Kier molecular flexibility index (Phi) is 2.57. The van der Waals surface area contributed by atoms with Gasteiger partial charge in [-0.05, 0) is 20.8 Å². The lowest BCUT2D eigenvalue weighted by molar-refractivity contribution is -0.0652. The Hall–Kier alpha value is -0.860. The number of rotatable bonds is 1. The molecule has 0 aromatic heterocycles. The first-order valence-corrected chi connectivity index (χ1v) is 5.04. The van der Waals surface area contributed by atoms with Crippen LogP contribution in [-0.4, -0.2) is 12.2 Å². The molecule has 1 aliphatic rings. The molecular formula is C12H16O2. The molecule has 2 atom stereocenters. The molecular weight excluding hydrogens is 176 g/mol. The fourth-order valence-corrected chi connectivity index (χ4v) is 1.52. The van der Waals surface area contributed by atoms with E-state index in [0.29, 0.717) is 0 Å². The molecule has 1 heterocycles. The van der Waals surface area contributed by atoms with Gasteiger partial charge >= 0.3 is 0 Å². The van der Waals surface area contributed by atoms with Crippen LogP contribution in [0.3, 0.4) is 0 Å². The lowest BCUT2D eigenvalue weighted by atomic mass is 10.1. The van der Waals surface area contributed by atoms with Crippen molar-refractivity contribution in [1.29, 1.82) is 0 Å². The number of ether oxygens (including phenoxy) is 2. The molecule has 0 saturated carbocycles. The molecule has 1 fully saturated rings. The summed E-state index contributed by atoms with van der Waals surface area (Å²) in [6.07, 6.45) is 0.184. The fourth-order valence-electron chi connectivity index (χ4n) is 1.52. The molecule has 1 aromatic rings. The van der Waals surface area contributed by atoms with E-state index < -0.39 is 0 Å². The molecule has 0 radical (unpaired) electrons. The van der Waals surface area contributed by atoms with Crippen LogP contribution in [0, 0.1) is 6.92 Å². The van der Waals surface area contributed by atoms with E-state index >= 15 is 0 Å². The van der Waals surface area contributed by atoms with Crippen molar-refractivity contribution < 1.29 is 9.47 Å². The topological polar surface area (TPSA) is 18.5 Å². The average Bonchev–Trinajstić information content (AvgIpc) is 2.48. The Bertz CT molecular complexity index is 295. The van der Waals surface area contributed by atoms with E-state index in [1.54, 1.807) is 0 Å². The minimum absolute atomic E-state index is 0.180. The van der Waals surface area contributed by atoms with Gasteiger partial charge in [0.15, 0.2) is 6.29 Å². The summed E-state index contributed by atoms with van der Waals surface area (Å²) in [5, 5.41) is 0. The summed E-state index contributed by atoms with van der Waals surface area (Å²) in [7, 11) is 0. The summed E-state index contributed by atoms with van der Waals surface area (Å²) >= 11 is 0. The first-order chi connectivity index (χ1) is 6.66. The Labute approximate surface area is 84.8 Å². The second kappa shape index (κ2) is 3.71. The Morgan fingerprint density at radius 1 is 0.929 bits per heavy atom. The van der Waals surface area contributed by atoms with Crippen molar-refractivity contribution in [2.45, 2.75) is 39.3 Å². The first-order valence-electron chi connectivity index (χ1n) is 5.04. The zero-order valence-corrected chi connectivity index (χ0v) is 8.86. The molecule has 2 nitrogen and oxygen atoms in total. The quantitative estimate of drug-likeness (QED) is 0.681. The van der Waals surface area contributed by atoms with Crippen molar-refractivity contribution in [1.82, 2.24) is 0 Å². The van der Waals surface area contributed by atoms with E-state index in [4.69, 9.17) is 9.47 Å². The van der Waals surface area contributed by atoms with Gasteiger partial charge in [-0.2, -0.15) is 0 Å². The number of hydrogen-bond acceptors (Lipinski definition) is 2. The molecule has 0 unspecified atom stereocenters. The van der Waals surface area contributed by atoms with Gasteiger partial charge in [0.2, 0.25) is 0 Å². The van der Waals surface area contributed by atoms with Crippen molar-refractivity contribution in [2.24, 2.45) is 0 Å². The summed E-state index contributed by atoms with van der Waals surface area (Å²) in [6.45, 7) is 6.16. The van der Waals surface area contributed by atoms with Gasteiger partial charge in [0.25, 0.3) is 0 Å². The molecule has 0 amide bonds. The van der Waals surface area contributed by atoms with Crippen molar-refractivity contribution in [3.8, 4) is 0 Å². The Balaban J connectivity index is 2.13. The molecule has 14 heavy (non-hydrogen) atoms. The normalized spacial score (nSPS) is 28.2. The lowest BCUT2D eigenvalue weighted by Gasteiger charge is -2.09. The standard InChI is InChI=1S/C12H16O2/c1-8-4-6-11(7-5-8)12-13-9(2)10(3)14-12/h4-7,9-10,12H,1-3H3/t9-,10-/m1/s1. The van der Waals surface area contributed by atoms with E-state index in [0.717, 1.165) is 5.56 Å². The molecule has 1 aliphatic heterocycles. The first kappa shape index (κ1) is 9.69. The maximum Gasteiger partial charge on any atom is 0.184 e. The summed E-state index contributed by atoms with van der Waals surface area (Å²) < 4.78 is 11.4. The second-order valence-corrected chi connectivity index (χ2v) is 3.93. The van der Waals surface area contributed by atoms with Crippen LogP contribution in [0.5, 0.6) is 0 Å². The van der Waals surface area contributed by atoms with Crippen molar-refractivity contribution >= 4 is 0 Å². The third kappa shape index (κ3) is 1.81.